The number of aryl methyl sites for hydroxylation is 1. The molecule has 0 aliphatic heterocycles. The second-order valence-corrected chi connectivity index (χ2v) is 5.19. The third-order valence-electron chi connectivity index (χ3n) is 3.35. The molecule has 112 valence electrons. The summed E-state index contributed by atoms with van der Waals surface area (Å²) in [5, 5.41) is 3.20. The number of benzene rings is 1. The fourth-order valence-corrected chi connectivity index (χ4v) is 2.26. The molecule has 4 heteroatoms. The zero-order valence-corrected chi connectivity index (χ0v) is 12.9. The van der Waals surface area contributed by atoms with Crippen molar-refractivity contribution in [1.82, 2.24) is 10.3 Å². The molecule has 0 spiro atoms. The SMILES string of the molecule is CCNCc1ccc(N(C)Cc2cccc(C)n2)c(F)c1. The van der Waals surface area contributed by atoms with E-state index in [2.05, 4.69) is 10.3 Å². The Labute approximate surface area is 125 Å². The molecular weight excluding hydrogens is 265 g/mol. The molecule has 0 radical (unpaired) electrons. The number of rotatable bonds is 6. The molecule has 0 fully saturated rings. The molecule has 0 aliphatic rings. The van der Waals surface area contributed by atoms with E-state index in [1.54, 1.807) is 6.07 Å². The molecule has 0 unspecified atom stereocenters. The molecule has 0 bridgehead atoms. The molecule has 2 rings (SSSR count). The molecule has 2 aromatic rings. The molecule has 1 heterocycles. The third kappa shape index (κ3) is 4.26. The van der Waals surface area contributed by atoms with Gasteiger partial charge in [-0.3, -0.25) is 4.98 Å². The summed E-state index contributed by atoms with van der Waals surface area (Å²) in [5.41, 5.74) is 3.47. The van der Waals surface area contributed by atoms with E-state index in [0.717, 1.165) is 23.5 Å². The first-order valence-electron chi connectivity index (χ1n) is 7.23. The zero-order chi connectivity index (χ0) is 15.2. The summed E-state index contributed by atoms with van der Waals surface area (Å²) in [6, 6.07) is 11.3. The minimum atomic E-state index is -0.194. The largest absolute Gasteiger partial charge is 0.366 e. The van der Waals surface area contributed by atoms with Gasteiger partial charge in [0.15, 0.2) is 0 Å². The molecule has 0 amide bonds. The maximum Gasteiger partial charge on any atom is 0.146 e. The average Bonchev–Trinajstić information content (AvgIpc) is 2.45. The molecule has 3 nitrogen and oxygen atoms in total. The number of hydrogen-bond acceptors (Lipinski definition) is 3. The highest BCUT2D eigenvalue weighted by molar-refractivity contribution is 5.48. The predicted octanol–water partition coefficient (Wildman–Crippen LogP) is 3.28. The first-order valence-corrected chi connectivity index (χ1v) is 7.23. The molecular formula is C17H22FN3. The van der Waals surface area contributed by atoms with Crippen molar-refractivity contribution in [2.24, 2.45) is 0 Å². The third-order valence-corrected chi connectivity index (χ3v) is 3.35. The van der Waals surface area contributed by atoms with Gasteiger partial charge in [0.25, 0.3) is 0 Å². The van der Waals surface area contributed by atoms with Crippen molar-refractivity contribution in [3.05, 3.63) is 59.2 Å². The highest BCUT2D eigenvalue weighted by Gasteiger charge is 2.09. The Bertz CT molecular complexity index is 598. The zero-order valence-electron chi connectivity index (χ0n) is 12.9. The number of aromatic nitrogens is 1. The lowest BCUT2D eigenvalue weighted by Gasteiger charge is -2.20. The van der Waals surface area contributed by atoms with Gasteiger partial charge in [0, 0.05) is 19.3 Å². The quantitative estimate of drug-likeness (QED) is 0.884. The Morgan fingerprint density at radius 3 is 2.71 bits per heavy atom. The van der Waals surface area contributed by atoms with E-state index in [1.807, 2.05) is 56.1 Å². The van der Waals surface area contributed by atoms with Crippen LogP contribution in [0.3, 0.4) is 0 Å². The summed E-state index contributed by atoms with van der Waals surface area (Å²) < 4.78 is 14.2. The summed E-state index contributed by atoms with van der Waals surface area (Å²) in [6.07, 6.45) is 0. The molecule has 0 saturated heterocycles. The van der Waals surface area contributed by atoms with E-state index >= 15 is 0 Å². The highest BCUT2D eigenvalue weighted by Crippen LogP contribution is 2.21. The van der Waals surface area contributed by atoms with Gasteiger partial charge in [-0.25, -0.2) is 4.39 Å². The monoisotopic (exact) mass is 287 g/mol. The summed E-state index contributed by atoms with van der Waals surface area (Å²) in [5.74, 6) is -0.194. The molecule has 1 aromatic heterocycles. The molecule has 1 N–H and O–H groups in total. The van der Waals surface area contributed by atoms with Crippen LogP contribution in [0.15, 0.2) is 36.4 Å². The van der Waals surface area contributed by atoms with Crippen molar-refractivity contribution in [1.29, 1.82) is 0 Å². The van der Waals surface area contributed by atoms with Gasteiger partial charge in [0.2, 0.25) is 0 Å². The van der Waals surface area contributed by atoms with Crippen LogP contribution in [0.2, 0.25) is 0 Å². The number of anilines is 1. The average molecular weight is 287 g/mol. The molecule has 0 aliphatic carbocycles. The Morgan fingerprint density at radius 2 is 2.05 bits per heavy atom. The van der Waals surface area contributed by atoms with E-state index in [0.29, 0.717) is 18.8 Å². The summed E-state index contributed by atoms with van der Waals surface area (Å²) >= 11 is 0. The first-order chi connectivity index (χ1) is 10.1. The molecule has 0 saturated carbocycles. The van der Waals surface area contributed by atoms with Crippen LogP contribution in [0.5, 0.6) is 0 Å². The van der Waals surface area contributed by atoms with Crippen LogP contribution in [0, 0.1) is 12.7 Å². The van der Waals surface area contributed by atoms with Crippen molar-refractivity contribution < 1.29 is 4.39 Å². The maximum atomic E-state index is 14.2. The lowest BCUT2D eigenvalue weighted by atomic mass is 10.1. The molecule has 0 atom stereocenters. The van der Waals surface area contributed by atoms with Crippen LogP contribution in [-0.2, 0) is 13.1 Å². The number of pyridine rings is 1. The van der Waals surface area contributed by atoms with Crippen molar-refractivity contribution >= 4 is 5.69 Å². The predicted molar refractivity (Wildman–Crippen MR) is 84.9 cm³/mol. The van der Waals surface area contributed by atoms with E-state index in [9.17, 15) is 4.39 Å². The van der Waals surface area contributed by atoms with Crippen LogP contribution in [0.25, 0.3) is 0 Å². The van der Waals surface area contributed by atoms with Crippen LogP contribution in [0.4, 0.5) is 10.1 Å². The van der Waals surface area contributed by atoms with Gasteiger partial charge in [0.1, 0.15) is 5.82 Å². The Kier molecular flexibility index (Phi) is 5.28. The molecule has 21 heavy (non-hydrogen) atoms. The van der Waals surface area contributed by atoms with Crippen molar-refractivity contribution in [2.45, 2.75) is 26.9 Å². The van der Waals surface area contributed by atoms with Crippen LogP contribution in [-0.4, -0.2) is 18.6 Å². The van der Waals surface area contributed by atoms with Crippen LogP contribution in [0.1, 0.15) is 23.9 Å². The van der Waals surface area contributed by atoms with Gasteiger partial charge in [-0.05, 0) is 43.3 Å². The standard InChI is InChI=1S/C17H22FN3/c1-4-19-11-14-8-9-17(16(18)10-14)21(3)12-15-7-5-6-13(2)20-15/h5-10,19H,4,11-12H2,1-3H3. The highest BCUT2D eigenvalue weighted by atomic mass is 19.1. The number of nitrogens with zero attached hydrogens (tertiary/aromatic N) is 2. The summed E-state index contributed by atoms with van der Waals surface area (Å²) in [6.45, 7) is 6.15. The van der Waals surface area contributed by atoms with Gasteiger partial charge >= 0.3 is 0 Å². The van der Waals surface area contributed by atoms with Gasteiger partial charge < -0.3 is 10.2 Å². The minimum absolute atomic E-state index is 0.194. The van der Waals surface area contributed by atoms with Gasteiger partial charge in [-0.15, -0.1) is 0 Å². The van der Waals surface area contributed by atoms with E-state index in [4.69, 9.17) is 0 Å². The normalized spacial score (nSPS) is 10.7. The van der Waals surface area contributed by atoms with E-state index in [-0.39, 0.29) is 5.82 Å². The van der Waals surface area contributed by atoms with Crippen LogP contribution < -0.4 is 10.2 Å². The van der Waals surface area contributed by atoms with E-state index < -0.39 is 0 Å². The summed E-state index contributed by atoms with van der Waals surface area (Å²) in [4.78, 5) is 6.34. The first kappa shape index (κ1) is 15.4. The van der Waals surface area contributed by atoms with E-state index in [1.165, 1.54) is 0 Å². The Balaban J connectivity index is 2.10. The van der Waals surface area contributed by atoms with Gasteiger partial charge in [-0.2, -0.15) is 0 Å². The lowest BCUT2D eigenvalue weighted by Crippen LogP contribution is -2.19. The maximum absolute atomic E-state index is 14.2. The lowest BCUT2D eigenvalue weighted by molar-refractivity contribution is 0.616. The minimum Gasteiger partial charge on any atom is -0.366 e. The second-order valence-electron chi connectivity index (χ2n) is 5.19. The van der Waals surface area contributed by atoms with Crippen molar-refractivity contribution in [3.63, 3.8) is 0 Å². The van der Waals surface area contributed by atoms with Gasteiger partial charge in [-0.1, -0.05) is 19.1 Å². The topological polar surface area (TPSA) is 28.2 Å². The fourth-order valence-electron chi connectivity index (χ4n) is 2.26. The smallest absolute Gasteiger partial charge is 0.146 e. The number of hydrogen-bond donors (Lipinski definition) is 1. The second kappa shape index (κ2) is 7.18. The van der Waals surface area contributed by atoms with Crippen LogP contribution >= 0.6 is 0 Å². The molecule has 1 aromatic carbocycles. The van der Waals surface area contributed by atoms with Gasteiger partial charge in [0.05, 0.1) is 17.9 Å². The number of nitrogens with one attached hydrogen (secondary N) is 1. The number of halogens is 1. The Morgan fingerprint density at radius 1 is 1.24 bits per heavy atom. The Hall–Kier alpha value is -1.94. The van der Waals surface area contributed by atoms with Crippen molar-refractivity contribution in [3.8, 4) is 0 Å². The van der Waals surface area contributed by atoms with Crippen molar-refractivity contribution in [2.75, 3.05) is 18.5 Å². The fraction of sp³-hybridized carbons (Fsp3) is 0.353. The summed E-state index contributed by atoms with van der Waals surface area (Å²) in [7, 11) is 1.88.